The molecular weight excluding hydrogens is 274 g/mol. The number of rotatable bonds is 3. The number of nitrogens with zero attached hydrogens (tertiary/aromatic N) is 2. The summed E-state index contributed by atoms with van der Waals surface area (Å²) < 4.78 is 13.5. The molecule has 1 aromatic carbocycles. The number of hydrogen-bond acceptors (Lipinski definition) is 4. The number of aromatic amines is 1. The highest BCUT2D eigenvalue weighted by Gasteiger charge is 2.17. The minimum Gasteiger partial charge on any atom is -0.497 e. The van der Waals surface area contributed by atoms with E-state index in [-0.39, 0.29) is 6.04 Å². The number of methoxy groups -OCH3 is 1. The fourth-order valence-electron chi connectivity index (χ4n) is 2.30. The van der Waals surface area contributed by atoms with Gasteiger partial charge in [-0.15, -0.1) is 0 Å². The zero-order valence-corrected chi connectivity index (χ0v) is 12.3. The van der Waals surface area contributed by atoms with E-state index in [1.54, 1.807) is 13.3 Å². The SMILES string of the molecule is COc1ccc2c(c1)[nH]c(=S)n2C(C)c1ncc(C)o1. The van der Waals surface area contributed by atoms with E-state index in [0.29, 0.717) is 10.7 Å². The minimum atomic E-state index is -0.0710. The number of oxazole rings is 1. The standard InChI is InChI=1S/C14H15N3O2S/c1-8-7-15-13(19-8)9(2)17-12-5-4-10(18-3)6-11(12)16-14(17)20/h4-7,9H,1-3H3,(H,16,20). The van der Waals surface area contributed by atoms with Crippen LogP contribution in [0.1, 0.15) is 24.6 Å². The van der Waals surface area contributed by atoms with Crippen molar-refractivity contribution in [1.29, 1.82) is 0 Å². The van der Waals surface area contributed by atoms with E-state index in [2.05, 4.69) is 9.97 Å². The summed E-state index contributed by atoms with van der Waals surface area (Å²) in [6.07, 6.45) is 1.72. The fourth-order valence-corrected chi connectivity index (χ4v) is 2.66. The Bertz CT molecular complexity index is 815. The highest BCUT2D eigenvalue weighted by atomic mass is 32.1. The monoisotopic (exact) mass is 289 g/mol. The van der Waals surface area contributed by atoms with Gasteiger partial charge in [0.25, 0.3) is 0 Å². The largest absolute Gasteiger partial charge is 0.497 e. The van der Waals surface area contributed by atoms with Crippen LogP contribution in [0.2, 0.25) is 0 Å². The Morgan fingerprint density at radius 2 is 2.25 bits per heavy atom. The second kappa shape index (κ2) is 4.79. The number of ether oxygens (including phenoxy) is 1. The lowest BCUT2D eigenvalue weighted by Crippen LogP contribution is -2.07. The van der Waals surface area contributed by atoms with Crippen LogP contribution in [0.4, 0.5) is 0 Å². The summed E-state index contributed by atoms with van der Waals surface area (Å²) in [5.41, 5.74) is 1.93. The third-order valence-corrected chi connectivity index (χ3v) is 3.61. The van der Waals surface area contributed by atoms with E-state index in [1.807, 2.05) is 36.6 Å². The highest BCUT2D eigenvalue weighted by molar-refractivity contribution is 7.71. The quantitative estimate of drug-likeness (QED) is 0.748. The van der Waals surface area contributed by atoms with Gasteiger partial charge in [0.2, 0.25) is 5.89 Å². The molecule has 5 nitrogen and oxygen atoms in total. The van der Waals surface area contributed by atoms with Crippen molar-refractivity contribution in [2.75, 3.05) is 7.11 Å². The van der Waals surface area contributed by atoms with Crippen LogP contribution in [0, 0.1) is 11.7 Å². The van der Waals surface area contributed by atoms with Gasteiger partial charge in [-0.05, 0) is 38.2 Å². The summed E-state index contributed by atoms with van der Waals surface area (Å²) in [5.74, 6) is 2.23. The number of aromatic nitrogens is 3. The van der Waals surface area contributed by atoms with E-state index >= 15 is 0 Å². The van der Waals surface area contributed by atoms with Crippen LogP contribution in [0.15, 0.2) is 28.8 Å². The van der Waals surface area contributed by atoms with Gasteiger partial charge in [-0.1, -0.05) is 0 Å². The maximum absolute atomic E-state index is 5.60. The van der Waals surface area contributed by atoms with Crippen molar-refractivity contribution in [1.82, 2.24) is 14.5 Å². The van der Waals surface area contributed by atoms with Crippen LogP contribution in [0.5, 0.6) is 5.75 Å². The molecule has 0 bridgehead atoms. The number of imidazole rings is 1. The van der Waals surface area contributed by atoms with Crippen LogP contribution < -0.4 is 4.74 Å². The number of hydrogen-bond donors (Lipinski definition) is 1. The molecule has 0 radical (unpaired) electrons. The highest BCUT2D eigenvalue weighted by Crippen LogP contribution is 2.26. The first-order valence-electron chi connectivity index (χ1n) is 6.30. The van der Waals surface area contributed by atoms with Gasteiger partial charge >= 0.3 is 0 Å². The van der Waals surface area contributed by atoms with E-state index in [0.717, 1.165) is 22.5 Å². The van der Waals surface area contributed by atoms with E-state index in [4.69, 9.17) is 21.4 Å². The van der Waals surface area contributed by atoms with Crippen molar-refractivity contribution in [3.63, 3.8) is 0 Å². The summed E-state index contributed by atoms with van der Waals surface area (Å²) in [7, 11) is 1.64. The molecule has 1 N–H and O–H groups in total. The molecule has 2 aromatic heterocycles. The molecule has 0 spiro atoms. The van der Waals surface area contributed by atoms with E-state index < -0.39 is 0 Å². The van der Waals surface area contributed by atoms with Gasteiger partial charge in [0, 0.05) is 6.07 Å². The average Bonchev–Trinajstić information content (AvgIpc) is 3.00. The molecule has 6 heteroatoms. The molecular formula is C14H15N3O2S. The lowest BCUT2D eigenvalue weighted by atomic mass is 10.2. The normalized spacial score (nSPS) is 12.8. The first-order valence-corrected chi connectivity index (χ1v) is 6.71. The number of benzene rings is 1. The van der Waals surface area contributed by atoms with E-state index in [1.165, 1.54) is 0 Å². The van der Waals surface area contributed by atoms with Gasteiger partial charge in [-0.2, -0.15) is 0 Å². The average molecular weight is 289 g/mol. The van der Waals surface area contributed by atoms with Crippen molar-refractivity contribution in [2.24, 2.45) is 0 Å². The molecule has 3 aromatic rings. The van der Waals surface area contributed by atoms with Gasteiger partial charge in [0.15, 0.2) is 4.77 Å². The lowest BCUT2D eigenvalue weighted by molar-refractivity contribution is 0.414. The molecule has 0 fully saturated rings. The summed E-state index contributed by atoms with van der Waals surface area (Å²) in [6.45, 7) is 3.89. The first kappa shape index (κ1) is 12.9. The predicted molar refractivity (Wildman–Crippen MR) is 78.7 cm³/mol. The van der Waals surface area contributed by atoms with Crippen LogP contribution in [-0.4, -0.2) is 21.6 Å². The van der Waals surface area contributed by atoms with E-state index in [9.17, 15) is 0 Å². The van der Waals surface area contributed by atoms with Crippen molar-refractivity contribution in [3.8, 4) is 5.75 Å². The van der Waals surface area contributed by atoms with Crippen molar-refractivity contribution in [2.45, 2.75) is 19.9 Å². The Balaban J connectivity index is 2.16. The van der Waals surface area contributed by atoms with Crippen molar-refractivity contribution >= 4 is 23.3 Å². The Hall–Kier alpha value is -2.08. The zero-order valence-electron chi connectivity index (χ0n) is 11.5. The molecule has 20 heavy (non-hydrogen) atoms. The fraction of sp³-hybridized carbons (Fsp3) is 0.286. The molecule has 0 aliphatic rings. The number of nitrogens with one attached hydrogen (secondary N) is 1. The van der Waals surface area contributed by atoms with Crippen LogP contribution in [0.3, 0.4) is 0 Å². The van der Waals surface area contributed by atoms with Gasteiger partial charge in [0.05, 0.1) is 24.3 Å². The van der Waals surface area contributed by atoms with Crippen LogP contribution >= 0.6 is 12.2 Å². The van der Waals surface area contributed by atoms with Gasteiger partial charge in [0.1, 0.15) is 17.6 Å². The van der Waals surface area contributed by atoms with Gasteiger partial charge < -0.3 is 18.7 Å². The Morgan fingerprint density at radius 3 is 2.90 bits per heavy atom. The molecule has 0 aliphatic carbocycles. The molecule has 1 unspecified atom stereocenters. The van der Waals surface area contributed by atoms with Gasteiger partial charge in [-0.3, -0.25) is 0 Å². The summed E-state index contributed by atoms with van der Waals surface area (Å²) in [4.78, 5) is 7.47. The first-order chi connectivity index (χ1) is 9.60. The van der Waals surface area contributed by atoms with Crippen molar-refractivity contribution in [3.05, 3.63) is 40.8 Å². The molecule has 0 aliphatic heterocycles. The number of aryl methyl sites for hydroxylation is 1. The van der Waals surface area contributed by atoms with Crippen LogP contribution in [0.25, 0.3) is 11.0 Å². The molecule has 2 heterocycles. The molecule has 104 valence electrons. The maximum atomic E-state index is 5.60. The zero-order chi connectivity index (χ0) is 14.3. The lowest BCUT2D eigenvalue weighted by Gasteiger charge is -2.11. The smallest absolute Gasteiger partial charge is 0.217 e. The van der Waals surface area contributed by atoms with Crippen LogP contribution in [-0.2, 0) is 0 Å². The molecule has 1 atom stereocenters. The summed E-state index contributed by atoms with van der Waals surface area (Å²) in [5, 5.41) is 0. The molecule has 0 saturated heterocycles. The minimum absolute atomic E-state index is 0.0710. The molecule has 3 rings (SSSR count). The number of fused-ring (bicyclic) bond motifs is 1. The Kier molecular flexibility index (Phi) is 3.10. The predicted octanol–water partition coefficient (Wildman–Crippen LogP) is 3.61. The molecule has 0 amide bonds. The Labute approximate surface area is 121 Å². The third-order valence-electron chi connectivity index (χ3n) is 3.31. The second-order valence-electron chi connectivity index (χ2n) is 4.67. The summed E-state index contributed by atoms with van der Waals surface area (Å²) in [6, 6.07) is 5.75. The third kappa shape index (κ3) is 2.02. The maximum Gasteiger partial charge on any atom is 0.217 e. The molecule has 0 saturated carbocycles. The van der Waals surface area contributed by atoms with Gasteiger partial charge in [-0.25, -0.2) is 4.98 Å². The second-order valence-corrected chi connectivity index (χ2v) is 5.06. The summed E-state index contributed by atoms with van der Waals surface area (Å²) >= 11 is 5.41. The Morgan fingerprint density at radius 1 is 1.45 bits per heavy atom. The number of H-pyrrole nitrogens is 1. The topological polar surface area (TPSA) is 56.0 Å². The van der Waals surface area contributed by atoms with Crippen molar-refractivity contribution < 1.29 is 9.15 Å².